The monoisotopic (exact) mass is 130 g/mol. The molecule has 2 radical (unpaired) electrons. The molecular weight excluding hydrogens is 124 g/mol. The van der Waals surface area contributed by atoms with Gasteiger partial charge in [0.15, 0.2) is 0 Å². The third-order valence-corrected chi connectivity index (χ3v) is 1.43. The van der Waals surface area contributed by atoms with E-state index in [1.165, 1.54) is 0 Å². The van der Waals surface area contributed by atoms with Crippen LogP contribution in [0.25, 0.3) is 6.20 Å². The molecule has 0 saturated carbocycles. The Morgan fingerprint density at radius 3 is 3.40 bits per heavy atom. The van der Waals surface area contributed by atoms with Crippen molar-refractivity contribution < 1.29 is 0 Å². The first-order chi connectivity index (χ1) is 4.97. The highest BCUT2D eigenvalue weighted by Gasteiger charge is 1.90. The molecule has 1 aliphatic heterocycles. The largest absolute Gasteiger partial charge is 0.269 e. The van der Waals surface area contributed by atoms with E-state index < -0.39 is 0 Å². The molecule has 2 heteroatoms. The van der Waals surface area contributed by atoms with Crippen molar-refractivity contribution in [1.82, 2.24) is 5.32 Å². The van der Waals surface area contributed by atoms with E-state index in [2.05, 4.69) is 16.4 Å². The molecule has 2 rings (SSSR count). The third-order valence-electron chi connectivity index (χ3n) is 1.43. The van der Waals surface area contributed by atoms with E-state index >= 15 is 0 Å². The summed E-state index contributed by atoms with van der Waals surface area (Å²) >= 11 is 0. The Morgan fingerprint density at radius 2 is 2.50 bits per heavy atom. The van der Waals surface area contributed by atoms with Gasteiger partial charge in [0.25, 0.3) is 0 Å². The highest BCUT2D eigenvalue weighted by molar-refractivity contribution is 5.21. The van der Waals surface area contributed by atoms with Crippen LogP contribution in [0.15, 0.2) is 23.2 Å². The van der Waals surface area contributed by atoms with E-state index in [0.717, 1.165) is 10.6 Å². The van der Waals surface area contributed by atoms with Crippen molar-refractivity contribution in [2.45, 2.75) is 0 Å². The lowest BCUT2D eigenvalue weighted by Gasteiger charge is -1.97. The topological polar surface area (TPSA) is 26.5 Å². The molecule has 0 amide bonds. The predicted molar refractivity (Wildman–Crippen MR) is 37.5 cm³/mol. The normalized spacial score (nSPS) is 14.0. The molecule has 1 aromatic rings. The van der Waals surface area contributed by atoms with Crippen LogP contribution in [0.2, 0.25) is 0 Å². The van der Waals surface area contributed by atoms with Gasteiger partial charge in [-0.05, 0) is 18.2 Å². The molecule has 0 atom stereocenters. The molecule has 0 saturated heterocycles. The Kier molecular flexibility index (Phi) is 1.17. The Bertz CT molecular complexity index is 306. The molecule has 1 aromatic carbocycles. The van der Waals surface area contributed by atoms with Gasteiger partial charge in [-0.1, -0.05) is 6.07 Å². The average Bonchev–Trinajstić information content (AvgIpc) is 2.05. The SMILES string of the molecule is [c]1ccc2c(c1)=C[N]CN=2. The third kappa shape index (κ3) is 0.778. The number of hydrogen-bond acceptors (Lipinski definition) is 1. The van der Waals surface area contributed by atoms with Crippen LogP contribution in [-0.4, -0.2) is 6.67 Å². The summed E-state index contributed by atoms with van der Waals surface area (Å²) < 4.78 is 0. The van der Waals surface area contributed by atoms with Gasteiger partial charge >= 0.3 is 0 Å². The summed E-state index contributed by atoms with van der Waals surface area (Å²) in [5.74, 6) is 0. The molecule has 0 fully saturated rings. The maximum Gasteiger partial charge on any atom is 0.130 e. The van der Waals surface area contributed by atoms with Crippen LogP contribution >= 0.6 is 0 Å². The number of rotatable bonds is 0. The minimum atomic E-state index is 0.566. The zero-order valence-electron chi connectivity index (χ0n) is 5.41. The lowest BCUT2D eigenvalue weighted by atomic mass is 10.3. The standard InChI is InChI=1S/C8H6N2/c1-2-4-8-7(3-1)5-9-6-10-8/h2-5H,6H2. The smallest absolute Gasteiger partial charge is 0.130 e. The lowest BCUT2D eigenvalue weighted by molar-refractivity contribution is 0.854. The summed E-state index contributed by atoms with van der Waals surface area (Å²) in [6.07, 6.45) is 1.83. The Hall–Kier alpha value is -1.31. The van der Waals surface area contributed by atoms with Gasteiger partial charge in [0.2, 0.25) is 0 Å². The number of hydrogen-bond donors (Lipinski definition) is 0. The Balaban J connectivity index is 2.84. The molecule has 0 aliphatic carbocycles. The van der Waals surface area contributed by atoms with Crippen LogP contribution in [0.3, 0.4) is 0 Å². The summed E-state index contributed by atoms with van der Waals surface area (Å²) in [6, 6.07) is 8.67. The van der Waals surface area contributed by atoms with Gasteiger partial charge in [0.05, 0.1) is 5.36 Å². The van der Waals surface area contributed by atoms with Gasteiger partial charge in [0.1, 0.15) is 6.67 Å². The van der Waals surface area contributed by atoms with Crippen LogP contribution in [0.4, 0.5) is 0 Å². The van der Waals surface area contributed by atoms with Gasteiger partial charge < -0.3 is 0 Å². The van der Waals surface area contributed by atoms with Crippen molar-refractivity contribution in [1.29, 1.82) is 0 Å². The van der Waals surface area contributed by atoms with Crippen molar-refractivity contribution >= 4 is 6.20 Å². The fourth-order valence-corrected chi connectivity index (χ4v) is 0.939. The zero-order valence-corrected chi connectivity index (χ0v) is 5.41. The van der Waals surface area contributed by atoms with Crippen molar-refractivity contribution in [3.8, 4) is 0 Å². The van der Waals surface area contributed by atoms with Crippen molar-refractivity contribution in [3.05, 3.63) is 34.8 Å². The van der Waals surface area contributed by atoms with Gasteiger partial charge in [-0.2, -0.15) is 0 Å². The van der Waals surface area contributed by atoms with Crippen molar-refractivity contribution in [3.63, 3.8) is 0 Å². The highest BCUT2D eigenvalue weighted by atomic mass is 15.0. The van der Waals surface area contributed by atoms with E-state index in [1.54, 1.807) is 0 Å². The van der Waals surface area contributed by atoms with E-state index in [1.807, 2.05) is 24.4 Å². The maximum absolute atomic E-state index is 4.18. The van der Waals surface area contributed by atoms with Gasteiger partial charge in [-0.25, -0.2) is 0 Å². The number of benzene rings is 1. The summed E-state index contributed by atoms with van der Waals surface area (Å²) in [4.78, 5) is 4.18. The van der Waals surface area contributed by atoms with Crippen LogP contribution in [0, 0.1) is 6.07 Å². The second-order valence-corrected chi connectivity index (χ2v) is 2.10. The summed E-state index contributed by atoms with van der Waals surface area (Å²) in [5.41, 5.74) is 0. The molecule has 0 N–H and O–H groups in total. The lowest BCUT2D eigenvalue weighted by Crippen LogP contribution is -2.30. The van der Waals surface area contributed by atoms with E-state index in [9.17, 15) is 0 Å². The second-order valence-electron chi connectivity index (χ2n) is 2.10. The quantitative estimate of drug-likeness (QED) is 0.449. The summed E-state index contributed by atoms with van der Waals surface area (Å²) in [5, 5.41) is 6.09. The molecule has 1 aliphatic rings. The van der Waals surface area contributed by atoms with Crippen LogP contribution in [0.1, 0.15) is 0 Å². The summed E-state index contributed by atoms with van der Waals surface area (Å²) in [7, 11) is 0. The minimum Gasteiger partial charge on any atom is -0.269 e. The maximum atomic E-state index is 4.18. The summed E-state index contributed by atoms with van der Waals surface area (Å²) in [6.45, 7) is 0.566. The second kappa shape index (κ2) is 2.14. The highest BCUT2D eigenvalue weighted by Crippen LogP contribution is 1.75. The molecule has 0 spiro atoms. The number of fused-ring (bicyclic) bond motifs is 1. The fraction of sp³-hybridized carbons (Fsp3) is 0.125. The molecule has 48 valence electrons. The molecule has 0 unspecified atom stereocenters. The van der Waals surface area contributed by atoms with Crippen LogP contribution < -0.4 is 15.9 Å². The van der Waals surface area contributed by atoms with E-state index in [0.29, 0.717) is 6.67 Å². The van der Waals surface area contributed by atoms with Crippen molar-refractivity contribution in [2.24, 2.45) is 4.99 Å². The first-order valence-electron chi connectivity index (χ1n) is 3.14. The Morgan fingerprint density at radius 1 is 1.50 bits per heavy atom. The molecule has 0 aromatic heterocycles. The molecule has 2 nitrogen and oxygen atoms in total. The Labute approximate surface area is 58.9 Å². The predicted octanol–water partition coefficient (Wildman–Crippen LogP) is -0.580. The van der Waals surface area contributed by atoms with E-state index in [-0.39, 0.29) is 0 Å². The van der Waals surface area contributed by atoms with E-state index in [4.69, 9.17) is 0 Å². The molecule has 10 heavy (non-hydrogen) atoms. The molecule has 0 bridgehead atoms. The first kappa shape index (κ1) is 5.47. The van der Waals surface area contributed by atoms with Gasteiger partial charge in [-0.3, -0.25) is 10.3 Å². The van der Waals surface area contributed by atoms with Crippen LogP contribution in [-0.2, 0) is 0 Å². The number of nitrogens with zero attached hydrogens (tertiary/aromatic N) is 2. The fourth-order valence-electron chi connectivity index (χ4n) is 0.939. The van der Waals surface area contributed by atoms with Gasteiger partial charge in [-0.15, -0.1) is 0 Å². The molecular formula is C8H6N2. The zero-order chi connectivity index (χ0) is 6.81. The van der Waals surface area contributed by atoms with Crippen LogP contribution in [0.5, 0.6) is 0 Å². The van der Waals surface area contributed by atoms with Gasteiger partial charge in [0, 0.05) is 11.4 Å². The average molecular weight is 130 g/mol. The van der Waals surface area contributed by atoms with Crippen molar-refractivity contribution in [2.75, 3.05) is 6.67 Å². The minimum absolute atomic E-state index is 0.566. The first-order valence-corrected chi connectivity index (χ1v) is 3.14. The molecule has 1 heterocycles.